The quantitative estimate of drug-likeness (QED) is 0.579. The van der Waals surface area contributed by atoms with Crippen molar-refractivity contribution in [2.45, 2.75) is 25.4 Å². The first kappa shape index (κ1) is 9.92. The second-order valence-corrected chi connectivity index (χ2v) is 2.65. The Morgan fingerprint density at radius 2 is 1.83 bits per heavy atom. The average molecular weight is 176 g/mol. The molecule has 1 heterocycles. The molecule has 0 bridgehead atoms. The number of hydrogen-bond acceptors (Lipinski definition) is 4. The lowest BCUT2D eigenvalue weighted by molar-refractivity contribution is -0.124. The number of methoxy groups -OCH3 is 2. The van der Waals surface area contributed by atoms with E-state index in [9.17, 15) is 0 Å². The van der Waals surface area contributed by atoms with Crippen LogP contribution in [0.1, 0.15) is 12.8 Å². The molecule has 0 radical (unpaired) electrons. The lowest BCUT2D eigenvalue weighted by Crippen LogP contribution is -2.17. The van der Waals surface area contributed by atoms with Gasteiger partial charge in [0.15, 0.2) is 12.6 Å². The predicted molar refractivity (Wildman–Crippen MR) is 42.7 cm³/mol. The van der Waals surface area contributed by atoms with Crippen LogP contribution < -0.4 is 0 Å². The van der Waals surface area contributed by atoms with Crippen molar-refractivity contribution in [3.63, 3.8) is 0 Å². The largest absolute Gasteiger partial charge is 0.356 e. The highest BCUT2D eigenvalue weighted by atomic mass is 16.7. The minimum Gasteiger partial charge on any atom is -0.356 e. The molecule has 1 fully saturated rings. The van der Waals surface area contributed by atoms with Gasteiger partial charge in [-0.1, -0.05) is 0 Å². The van der Waals surface area contributed by atoms with Crippen LogP contribution in [0.2, 0.25) is 0 Å². The minimum atomic E-state index is -0.141. The van der Waals surface area contributed by atoms with E-state index in [0.29, 0.717) is 13.2 Å². The Morgan fingerprint density at radius 1 is 1.25 bits per heavy atom. The summed E-state index contributed by atoms with van der Waals surface area (Å²) in [6.45, 7) is 1.41. The molecule has 0 atom stereocenters. The average Bonchev–Trinajstić information content (AvgIpc) is 2.59. The molecule has 0 saturated carbocycles. The van der Waals surface area contributed by atoms with E-state index < -0.39 is 0 Å². The van der Waals surface area contributed by atoms with Gasteiger partial charge < -0.3 is 18.9 Å². The zero-order valence-corrected chi connectivity index (χ0v) is 7.62. The van der Waals surface area contributed by atoms with Crippen LogP contribution in [-0.4, -0.2) is 40.0 Å². The van der Waals surface area contributed by atoms with E-state index >= 15 is 0 Å². The maximum atomic E-state index is 5.26. The molecule has 72 valence electrons. The molecule has 0 aromatic heterocycles. The summed E-state index contributed by atoms with van der Waals surface area (Å²) in [6.07, 6.45) is 1.43. The maximum absolute atomic E-state index is 5.26. The highest BCUT2D eigenvalue weighted by Crippen LogP contribution is 2.12. The fraction of sp³-hybridized carbons (Fsp3) is 1.00. The number of rotatable bonds is 5. The Kier molecular flexibility index (Phi) is 4.53. The molecule has 0 aliphatic carbocycles. The SMILES string of the molecule is COC(CCC1OCCO1)OC. The lowest BCUT2D eigenvalue weighted by atomic mass is 10.3. The Labute approximate surface area is 72.7 Å². The Balaban J connectivity index is 2.06. The fourth-order valence-corrected chi connectivity index (χ4v) is 1.18. The molecule has 4 nitrogen and oxygen atoms in total. The molecule has 1 rings (SSSR count). The first-order chi connectivity index (χ1) is 5.86. The zero-order valence-electron chi connectivity index (χ0n) is 7.62. The third-order valence-corrected chi connectivity index (χ3v) is 1.85. The van der Waals surface area contributed by atoms with E-state index in [1.54, 1.807) is 14.2 Å². The molecule has 0 aromatic carbocycles. The molecule has 1 aliphatic heterocycles. The molecule has 0 aromatic rings. The van der Waals surface area contributed by atoms with Gasteiger partial charge >= 0.3 is 0 Å². The van der Waals surface area contributed by atoms with Gasteiger partial charge in [-0.2, -0.15) is 0 Å². The van der Waals surface area contributed by atoms with Gasteiger partial charge in [0.2, 0.25) is 0 Å². The summed E-state index contributed by atoms with van der Waals surface area (Å²) in [7, 11) is 3.26. The smallest absolute Gasteiger partial charge is 0.157 e. The van der Waals surface area contributed by atoms with Gasteiger partial charge in [0, 0.05) is 27.1 Å². The standard InChI is InChI=1S/C8H16O4/c1-9-7(10-2)3-4-8-11-5-6-12-8/h7-8H,3-6H2,1-2H3. The first-order valence-electron chi connectivity index (χ1n) is 4.15. The van der Waals surface area contributed by atoms with Gasteiger partial charge in [-0.25, -0.2) is 0 Å². The zero-order chi connectivity index (χ0) is 8.81. The second kappa shape index (κ2) is 5.48. The molecule has 12 heavy (non-hydrogen) atoms. The van der Waals surface area contributed by atoms with Crippen LogP contribution in [0.25, 0.3) is 0 Å². The maximum Gasteiger partial charge on any atom is 0.157 e. The molecule has 4 heteroatoms. The topological polar surface area (TPSA) is 36.9 Å². The molecule has 0 spiro atoms. The van der Waals surface area contributed by atoms with Crippen molar-refractivity contribution < 1.29 is 18.9 Å². The van der Waals surface area contributed by atoms with Crippen LogP contribution in [0.15, 0.2) is 0 Å². The van der Waals surface area contributed by atoms with Crippen LogP contribution in [0, 0.1) is 0 Å². The van der Waals surface area contributed by atoms with Crippen molar-refractivity contribution in [3.05, 3.63) is 0 Å². The van der Waals surface area contributed by atoms with Gasteiger partial charge in [0.05, 0.1) is 13.2 Å². The molecular formula is C8H16O4. The highest BCUT2D eigenvalue weighted by molar-refractivity contribution is 4.54. The van der Waals surface area contributed by atoms with Gasteiger partial charge in [-0.15, -0.1) is 0 Å². The summed E-state index contributed by atoms with van der Waals surface area (Å²) in [6, 6.07) is 0. The van der Waals surface area contributed by atoms with Crippen molar-refractivity contribution in [1.82, 2.24) is 0 Å². The molecular weight excluding hydrogens is 160 g/mol. The minimum absolute atomic E-state index is 0.0576. The van der Waals surface area contributed by atoms with Crippen molar-refractivity contribution >= 4 is 0 Å². The third-order valence-electron chi connectivity index (χ3n) is 1.85. The second-order valence-electron chi connectivity index (χ2n) is 2.65. The van der Waals surface area contributed by atoms with E-state index in [-0.39, 0.29) is 12.6 Å². The Hall–Kier alpha value is -0.160. The van der Waals surface area contributed by atoms with Crippen LogP contribution in [0.3, 0.4) is 0 Å². The fourth-order valence-electron chi connectivity index (χ4n) is 1.18. The highest BCUT2D eigenvalue weighted by Gasteiger charge is 2.17. The van der Waals surface area contributed by atoms with Gasteiger partial charge in [-0.05, 0) is 0 Å². The molecule has 0 N–H and O–H groups in total. The number of hydrogen-bond donors (Lipinski definition) is 0. The molecule has 1 aliphatic rings. The normalized spacial score (nSPS) is 19.2. The summed E-state index contributed by atoms with van der Waals surface area (Å²) in [5.74, 6) is 0. The molecule has 1 saturated heterocycles. The summed E-state index contributed by atoms with van der Waals surface area (Å²) in [4.78, 5) is 0. The van der Waals surface area contributed by atoms with E-state index in [1.807, 2.05) is 0 Å². The summed E-state index contributed by atoms with van der Waals surface area (Å²) >= 11 is 0. The monoisotopic (exact) mass is 176 g/mol. The molecule has 0 unspecified atom stereocenters. The predicted octanol–water partition coefficient (Wildman–Crippen LogP) is 0.758. The summed E-state index contributed by atoms with van der Waals surface area (Å²) in [5, 5.41) is 0. The van der Waals surface area contributed by atoms with Crippen LogP contribution in [-0.2, 0) is 18.9 Å². The van der Waals surface area contributed by atoms with Gasteiger partial charge in [0.25, 0.3) is 0 Å². The first-order valence-corrected chi connectivity index (χ1v) is 4.15. The van der Waals surface area contributed by atoms with Gasteiger partial charge in [0.1, 0.15) is 0 Å². The lowest BCUT2D eigenvalue weighted by Gasteiger charge is -2.15. The Morgan fingerprint density at radius 3 is 2.33 bits per heavy atom. The molecule has 0 amide bonds. The van der Waals surface area contributed by atoms with Crippen molar-refractivity contribution in [1.29, 1.82) is 0 Å². The summed E-state index contributed by atoms with van der Waals surface area (Å²) < 4.78 is 20.6. The Bertz CT molecular complexity index is 106. The van der Waals surface area contributed by atoms with Crippen molar-refractivity contribution in [3.8, 4) is 0 Å². The van der Waals surface area contributed by atoms with E-state index in [0.717, 1.165) is 12.8 Å². The van der Waals surface area contributed by atoms with E-state index in [1.165, 1.54) is 0 Å². The number of ether oxygens (including phenoxy) is 4. The van der Waals surface area contributed by atoms with Crippen LogP contribution in [0.5, 0.6) is 0 Å². The summed E-state index contributed by atoms with van der Waals surface area (Å²) in [5.41, 5.74) is 0. The van der Waals surface area contributed by atoms with Gasteiger partial charge in [-0.3, -0.25) is 0 Å². The van der Waals surface area contributed by atoms with E-state index in [2.05, 4.69) is 0 Å². The van der Waals surface area contributed by atoms with Crippen molar-refractivity contribution in [2.75, 3.05) is 27.4 Å². The van der Waals surface area contributed by atoms with E-state index in [4.69, 9.17) is 18.9 Å². The third kappa shape index (κ3) is 3.06. The van der Waals surface area contributed by atoms with Crippen molar-refractivity contribution in [2.24, 2.45) is 0 Å². The van der Waals surface area contributed by atoms with Crippen LogP contribution >= 0.6 is 0 Å². The van der Waals surface area contributed by atoms with Crippen LogP contribution in [0.4, 0.5) is 0 Å².